The Kier molecular flexibility index (Phi) is 8.96. The number of para-hydroxylation sites is 1. The summed E-state index contributed by atoms with van der Waals surface area (Å²) in [5, 5.41) is 6.68. The summed E-state index contributed by atoms with van der Waals surface area (Å²) in [4.78, 5) is 8.77. The fourth-order valence-corrected chi connectivity index (χ4v) is 3.31. The molecule has 1 aliphatic rings. The number of rotatable bonds is 9. The summed E-state index contributed by atoms with van der Waals surface area (Å²) in [5.41, 5.74) is 0.0722. The van der Waals surface area contributed by atoms with Crippen LogP contribution in [0.15, 0.2) is 23.2 Å². The van der Waals surface area contributed by atoms with Gasteiger partial charge in [0.05, 0.1) is 0 Å². The third kappa shape index (κ3) is 6.62. The smallest absolute Gasteiger partial charge is 0.191 e. The molecule has 5 nitrogen and oxygen atoms in total. The molecule has 0 amide bonds. The SMILES string of the molecule is CCNC(=NCCCCN(C)C(C)C)NC1CCN(c2c(F)cccc2F)C1. The van der Waals surface area contributed by atoms with E-state index in [1.165, 1.54) is 18.2 Å². The Morgan fingerprint density at radius 1 is 1.29 bits per heavy atom. The van der Waals surface area contributed by atoms with Gasteiger partial charge in [-0.3, -0.25) is 4.99 Å². The number of anilines is 1. The van der Waals surface area contributed by atoms with E-state index in [0.717, 1.165) is 44.9 Å². The van der Waals surface area contributed by atoms with Gasteiger partial charge in [-0.2, -0.15) is 0 Å². The van der Waals surface area contributed by atoms with Crippen molar-refractivity contribution in [3.8, 4) is 0 Å². The Hall–Kier alpha value is -1.89. The van der Waals surface area contributed by atoms with Crippen molar-refractivity contribution < 1.29 is 8.78 Å². The lowest BCUT2D eigenvalue weighted by Crippen LogP contribution is -2.44. The van der Waals surface area contributed by atoms with Crippen LogP contribution in [0.2, 0.25) is 0 Å². The van der Waals surface area contributed by atoms with Gasteiger partial charge < -0.3 is 20.4 Å². The van der Waals surface area contributed by atoms with E-state index in [-0.39, 0.29) is 11.7 Å². The summed E-state index contributed by atoms with van der Waals surface area (Å²) in [6.07, 6.45) is 2.96. The van der Waals surface area contributed by atoms with Crippen LogP contribution in [0.5, 0.6) is 0 Å². The van der Waals surface area contributed by atoms with Crippen LogP contribution in [0.1, 0.15) is 40.0 Å². The Morgan fingerprint density at radius 3 is 2.64 bits per heavy atom. The summed E-state index contributed by atoms with van der Waals surface area (Å²) in [6.45, 7) is 10.2. The maximum absolute atomic E-state index is 14.0. The molecule has 0 saturated carbocycles. The standard InChI is InChI=1S/C21H35F2N5/c1-5-24-21(25-12-6-7-13-27(4)16(2)3)26-17-11-14-28(15-17)20-18(22)9-8-10-19(20)23/h8-10,16-17H,5-7,11-15H2,1-4H3,(H2,24,25,26). The van der Waals surface area contributed by atoms with Crippen LogP contribution >= 0.6 is 0 Å². The van der Waals surface area contributed by atoms with Crippen molar-refractivity contribution in [2.45, 2.75) is 52.1 Å². The second-order valence-electron chi connectivity index (χ2n) is 7.69. The summed E-state index contributed by atoms with van der Waals surface area (Å²) in [7, 11) is 2.14. The number of aliphatic imine (C=N–C) groups is 1. The van der Waals surface area contributed by atoms with Crippen LogP contribution in [-0.2, 0) is 0 Å². The largest absolute Gasteiger partial charge is 0.365 e. The van der Waals surface area contributed by atoms with Gasteiger partial charge in [0.2, 0.25) is 0 Å². The van der Waals surface area contributed by atoms with Crippen LogP contribution in [0.3, 0.4) is 0 Å². The predicted molar refractivity (Wildman–Crippen MR) is 113 cm³/mol. The van der Waals surface area contributed by atoms with E-state index >= 15 is 0 Å². The average molecular weight is 396 g/mol. The minimum absolute atomic E-state index is 0.0722. The highest BCUT2D eigenvalue weighted by molar-refractivity contribution is 5.80. The number of nitrogens with one attached hydrogen (secondary N) is 2. The second kappa shape index (κ2) is 11.2. The summed E-state index contributed by atoms with van der Waals surface area (Å²) in [6, 6.07) is 4.69. The molecule has 2 N–H and O–H groups in total. The first-order valence-electron chi connectivity index (χ1n) is 10.4. The van der Waals surface area contributed by atoms with E-state index in [1.807, 2.05) is 6.92 Å². The molecular formula is C21H35F2N5. The molecule has 28 heavy (non-hydrogen) atoms. The summed E-state index contributed by atoms with van der Waals surface area (Å²) < 4.78 is 28.0. The van der Waals surface area contributed by atoms with Crippen molar-refractivity contribution in [2.75, 3.05) is 44.7 Å². The molecule has 1 heterocycles. The van der Waals surface area contributed by atoms with Crippen molar-refractivity contribution in [1.82, 2.24) is 15.5 Å². The van der Waals surface area contributed by atoms with Crippen molar-refractivity contribution in [2.24, 2.45) is 4.99 Å². The Morgan fingerprint density at radius 2 is 2.00 bits per heavy atom. The third-order valence-corrected chi connectivity index (χ3v) is 5.20. The topological polar surface area (TPSA) is 42.9 Å². The predicted octanol–water partition coefficient (Wildman–Crippen LogP) is 3.22. The molecule has 158 valence electrons. The average Bonchev–Trinajstić information content (AvgIpc) is 3.09. The molecule has 0 aromatic heterocycles. The minimum atomic E-state index is -0.507. The van der Waals surface area contributed by atoms with E-state index in [1.54, 1.807) is 4.90 Å². The molecule has 1 fully saturated rings. The molecule has 0 radical (unpaired) electrons. The van der Waals surface area contributed by atoms with E-state index in [0.29, 0.717) is 19.1 Å². The molecule has 0 spiro atoms. The fraction of sp³-hybridized carbons (Fsp3) is 0.667. The van der Waals surface area contributed by atoms with E-state index in [4.69, 9.17) is 0 Å². The van der Waals surface area contributed by atoms with Crippen molar-refractivity contribution >= 4 is 11.6 Å². The first kappa shape index (κ1) is 22.4. The van der Waals surface area contributed by atoms with Gasteiger partial charge in [0.1, 0.15) is 17.3 Å². The van der Waals surface area contributed by atoms with Crippen molar-refractivity contribution in [3.63, 3.8) is 0 Å². The molecule has 1 aromatic rings. The number of unbranched alkanes of at least 4 members (excludes halogenated alkanes) is 1. The van der Waals surface area contributed by atoms with E-state index in [9.17, 15) is 8.78 Å². The van der Waals surface area contributed by atoms with E-state index in [2.05, 4.69) is 41.4 Å². The van der Waals surface area contributed by atoms with Crippen molar-refractivity contribution in [1.29, 1.82) is 0 Å². The Labute approximate surface area is 168 Å². The zero-order valence-corrected chi connectivity index (χ0v) is 17.6. The lowest BCUT2D eigenvalue weighted by Gasteiger charge is -2.21. The lowest BCUT2D eigenvalue weighted by atomic mass is 10.2. The molecule has 0 bridgehead atoms. The molecule has 1 unspecified atom stereocenters. The van der Waals surface area contributed by atoms with Gasteiger partial charge in [-0.15, -0.1) is 0 Å². The monoisotopic (exact) mass is 395 g/mol. The number of hydrogen-bond donors (Lipinski definition) is 2. The molecule has 0 aliphatic carbocycles. The normalized spacial score (nSPS) is 17.6. The number of halogens is 2. The fourth-order valence-electron chi connectivity index (χ4n) is 3.31. The zero-order chi connectivity index (χ0) is 20.5. The number of hydrogen-bond acceptors (Lipinski definition) is 3. The molecule has 1 aliphatic heterocycles. The summed E-state index contributed by atoms with van der Waals surface area (Å²) >= 11 is 0. The highest BCUT2D eigenvalue weighted by Crippen LogP contribution is 2.26. The van der Waals surface area contributed by atoms with Gasteiger partial charge >= 0.3 is 0 Å². The Balaban J connectivity index is 1.83. The molecular weight excluding hydrogens is 360 g/mol. The molecule has 1 saturated heterocycles. The quantitative estimate of drug-likeness (QED) is 0.383. The van der Waals surface area contributed by atoms with Gasteiger partial charge in [-0.1, -0.05) is 6.07 Å². The molecule has 2 rings (SSSR count). The minimum Gasteiger partial charge on any atom is -0.365 e. The molecule has 1 aromatic carbocycles. The first-order valence-corrected chi connectivity index (χ1v) is 10.4. The number of benzene rings is 1. The highest BCUT2D eigenvalue weighted by atomic mass is 19.1. The van der Waals surface area contributed by atoms with Gasteiger partial charge in [0, 0.05) is 38.3 Å². The number of guanidine groups is 1. The number of nitrogens with zero attached hydrogens (tertiary/aromatic N) is 3. The maximum atomic E-state index is 14.0. The lowest BCUT2D eigenvalue weighted by molar-refractivity contribution is 0.269. The first-order chi connectivity index (χ1) is 13.4. The summed E-state index contributed by atoms with van der Waals surface area (Å²) in [5.74, 6) is -0.235. The third-order valence-electron chi connectivity index (χ3n) is 5.20. The van der Waals surface area contributed by atoms with Gasteiger partial charge in [0.15, 0.2) is 5.96 Å². The van der Waals surface area contributed by atoms with Gasteiger partial charge in [-0.05, 0) is 65.8 Å². The zero-order valence-electron chi connectivity index (χ0n) is 17.6. The van der Waals surface area contributed by atoms with Crippen LogP contribution in [0, 0.1) is 11.6 Å². The Bertz CT molecular complexity index is 615. The molecule has 1 atom stereocenters. The van der Waals surface area contributed by atoms with Crippen LogP contribution < -0.4 is 15.5 Å². The van der Waals surface area contributed by atoms with Crippen LogP contribution in [0.4, 0.5) is 14.5 Å². The van der Waals surface area contributed by atoms with Gasteiger partial charge in [-0.25, -0.2) is 8.78 Å². The van der Waals surface area contributed by atoms with Gasteiger partial charge in [0.25, 0.3) is 0 Å². The highest BCUT2D eigenvalue weighted by Gasteiger charge is 2.27. The van der Waals surface area contributed by atoms with Crippen LogP contribution in [-0.4, -0.2) is 62.7 Å². The second-order valence-corrected chi connectivity index (χ2v) is 7.69. The maximum Gasteiger partial charge on any atom is 0.191 e. The van der Waals surface area contributed by atoms with E-state index < -0.39 is 11.6 Å². The van der Waals surface area contributed by atoms with Crippen LogP contribution in [0.25, 0.3) is 0 Å². The van der Waals surface area contributed by atoms with Crippen molar-refractivity contribution in [3.05, 3.63) is 29.8 Å². The molecule has 7 heteroatoms.